The Balaban J connectivity index is 1.95. The van der Waals surface area contributed by atoms with Crippen LogP contribution in [0, 0.1) is 5.41 Å². The van der Waals surface area contributed by atoms with E-state index in [1.54, 1.807) is 56.9 Å². The van der Waals surface area contributed by atoms with Gasteiger partial charge in [0.25, 0.3) is 5.56 Å². The number of rotatable bonds is 8. The topological polar surface area (TPSA) is 110 Å². The van der Waals surface area contributed by atoms with E-state index in [4.69, 9.17) is 14.2 Å². The van der Waals surface area contributed by atoms with Crippen molar-refractivity contribution < 1.29 is 19.0 Å². The maximum Gasteiger partial charge on any atom is 0.313 e. The van der Waals surface area contributed by atoms with E-state index in [-0.39, 0.29) is 5.56 Å². The Morgan fingerprint density at radius 3 is 2.50 bits per heavy atom. The Bertz CT molecular complexity index is 1150. The van der Waals surface area contributed by atoms with Gasteiger partial charge in [0.2, 0.25) is 0 Å². The van der Waals surface area contributed by atoms with Crippen molar-refractivity contribution in [2.45, 2.75) is 53.3 Å². The van der Waals surface area contributed by atoms with Gasteiger partial charge < -0.3 is 14.2 Å². The van der Waals surface area contributed by atoms with Gasteiger partial charge in [-0.3, -0.25) is 14.2 Å². The lowest BCUT2D eigenvalue weighted by Gasteiger charge is -2.33. The monoisotopic (exact) mass is 443 g/mol. The number of carbonyl (C=O) groups excluding carboxylic acids is 1. The molecule has 2 aromatic heterocycles. The SMILES string of the molecule is CCC(C)(OC(=O)C(C)(C)C)n1cnc2cc(OCCn3ccnn3)c(OC)cc2c1=O. The number of benzene rings is 1. The van der Waals surface area contributed by atoms with E-state index in [0.717, 1.165) is 0 Å². The van der Waals surface area contributed by atoms with Crippen LogP contribution in [0.3, 0.4) is 0 Å². The van der Waals surface area contributed by atoms with Crippen LogP contribution >= 0.6 is 0 Å². The summed E-state index contributed by atoms with van der Waals surface area (Å²) in [6, 6.07) is 3.25. The molecular weight excluding hydrogens is 414 g/mol. The first-order chi connectivity index (χ1) is 15.1. The van der Waals surface area contributed by atoms with Gasteiger partial charge in [0.1, 0.15) is 12.9 Å². The van der Waals surface area contributed by atoms with Crippen LogP contribution in [0.2, 0.25) is 0 Å². The molecule has 10 nitrogen and oxygen atoms in total. The Morgan fingerprint density at radius 1 is 1.16 bits per heavy atom. The fraction of sp³-hybridized carbons (Fsp3) is 0.500. The summed E-state index contributed by atoms with van der Waals surface area (Å²) in [7, 11) is 1.50. The average Bonchev–Trinajstić information content (AvgIpc) is 3.26. The molecular formula is C22H29N5O5. The highest BCUT2D eigenvalue weighted by molar-refractivity contribution is 5.81. The molecule has 0 aliphatic rings. The van der Waals surface area contributed by atoms with Gasteiger partial charge in [-0.05, 0) is 33.8 Å². The summed E-state index contributed by atoms with van der Waals surface area (Å²) in [4.78, 5) is 30.3. The number of hydrogen-bond donors (Lipinski definition) is 0. The van der Waals surface area contributed by atoms with E-state index in [0.29, 0.717) is 42.0 Å². The Hall–Kier alpha value is -3.43. The van der Waals surface area contributed by atoms with Gasteiger partial charge in [0, 0.05) is 18.7 Å². The fourth-order valence-electron chi connectivity index (χ4n) is 2.98. The third kappa shape index (κ3) is 4.74. The second kappa shape index (κ2) is 8.97. The number of methoxy groups -OCH3 is 1. The van der Waals surface area contributed by atoms with Gasteiger partial charge in [-0.2, -0.15) is 0 Å². The van der Waals surface area contributed by atoms with Crippen LogP contribution in [0.1, 0.15) is 41.0 Å². The number of fused-ring (bicyclic) bond motifs is 1. The molecule has 1 atom stereocenters. The normalized spacial score (nSPS) is 13.6. The molecule has 1 unspecified atom stereocenters. The summed E-state index contributed by atoms with van der Waals surface area (Å²) in [5, 5.41) is 7.98. The third-order valence-electron chi connectivity index (χ3n) is 5.18. The lowest BCUT2D eigenvalue weighted by atomic mass is 9.97. The molecule has 0 spiro atoms. The van der Waals surface area contributed by atoms with Crippen LogP contribution in [-0.2, 0) is 21.8 Å². The van der Waals surface area contributed by atoms with Gasteiger partial charge in [0.05, 0.1) is 36.2 Å². The van der Waals surface area contributed by atoms with E-state index < -0.39 is 17.1 Å². The van der Waals surface area contributed by atoms with Crippen molar-refractivity contribution in [1.29, 1.82) is 0 Å². The maximum absolute atomic E-state index is 13.3. The summed E-state index contributed by atoms with van der Waals surface area (Å²) in [5.74, 6) is 0.461. The van der Waals surface area contributed by atoms with Gasteiger partial charge in [-0.15, -0.1) is 5.10 Å². The Morgan fingerprint density at radius 2 is 1.91 bits per heavy atom. The van der Waals surface area contributed by atoms with Gasteiger partial charge in [0.15, 0.2) is 17.2 Å². The Kier molecular flexibility index (Phi) is 6.52. The van der Waals surface area contributed by atoms with Crippen molar-refractivity contribution in [2.75, 3.05) is 13.7 Å². The summed E-state index contributed by atoms with van der Waals surface area (Å²) in [6.45, 7) is 9.68. The fourth-order valence-corrected chi connectivity index (χ4v) is 2.98. The van der Waals surface area contributed by atoms with Crippen molar-refractivity contribution in [3.8, 4) is 11.5 Å². The molecule has 0 radical (unpaired) electrons. The van der Waals surface area contributed by atoms with Crippen molar-refractivity contribution >= 4 is 16.9 Å². The molecule has 3 aromatic rings. The van der Waals surface area contributed by atoms with Crippen LogP contribution in [0.25, 0.3) is 10.9 Å². The minimum Gasteiger partial charge on any atom is -0.493 e. The second-order valence-electron chi connectivity index (χ2n) is 8.62. The molecule has 2 heterocycles. The van der Waals surface area contributed by atoms with Crippen LogP contribution < -0.4 is 15.0 Å². The van der Waals surface area contributed by atoms with Crippen molar-refractivity contribution in [3.05, 3.63) is 41.2 Å². The smallest absolute Gasteiger partial charge is 0.313 e. The van der Waals surface area contributed by atoms with Crippen LogP contribution in [0.5, 0.6) is 11.5 Å². The third-order valence-corrected chi connectivity index (χ3v) is 5.18. The quantitative estimate of drug-likeness (QED) is 0.489. The zero-order chi connectivity index (χ0) is 23.5. The molecule has 0 saturated carbocycles. The van der Waals surface area contributed by atoms with E-state index in [1.807, 2.05) is 6.92 Å². The van der Waals surface area contributed by atoms with Crippen molar-refractivity contribution in [3.63, 3.8) is 0 Å². The summed E-state index contributed by atoms with van der Waals surface area (Å²) < 4.78 is 20.0. The average molecular weight is 444 g/mol. The molecule has 172 valence electrons. The number of nitrogens with zero attached hydrogens (tertiary/aromatic N) is 5. The molecule has 0 fully saturated rings. The minimum absolute atomic E-state index is 0.332. The lowest BCUT2D eigenvalue weighted by molar-refractivity contribution is -0.180. The first-order valence-corrected chi connectivity index (χ1v) is 10.4. The molecule has 0 saturated heterocycles. The predicted molar refractivity (Wildman–Crippen MR) is 118 cm³/mol. The number of aromatic nitrogens is 5. The first kappa shape index (κ1) is 23.2. The molecule has 0 amide bonds. The molecule has 0 aliphatic heterocycles. The summed E-state index contributed by atoms with van der Waals surface area (Å²) in [6.07, 6.45) is 5.12. The Labute approximate surface area is 186 Å². The predicted octanol–water partition coefficient (Wildman–Crippen LogP) is 2.75. The van der Waals surface area contributed by atoms with E-state index in [1.165, 1.54) is 18.0 Å². The van der Waals surface area contributed by atoms with Crippen LogP contribution in [-0.4, -0.2) is 44.2 Å². The number of ether oxygens (including phenoxy) is 3. The van der Waals surface area contributed by atoms with Crippen molar-refractivity contribution in [1.82, 2.24) is 24.5 Å². The molecule has 10 heteroatoms. The van der Waals surface area contributed by atoms with Gasteiger partial charge >= 0.3 is 5.97 Å². The zero-order valence-corrected chi connectivity index (χ0v) is 19.3. The van der Waals surface area contributed by atoms with E-state index in [2.05, 4.69) is 15.3 Å². The molecule has 32 heavy (non-hydrogen) atoms. The zero-order valence-electron chi connectivity index (χ0n) is 19.3. The minimum atomic E-state index is -1.18. The van der Waals surface area contributed by atoms with Crippen LogP contribution in [0.4, 0.5) is 0 Å². The molecule has 0 bridgehead atoms. The highest BCUT2D eigenvalue weighted by atomic mass is 16.6. The molecule has 1 aromatic carbocycles. The van der Waals surface area contributed by atoms with E-state index in [9.17, 15) is 9.59 Å². The molecule has 3 rings (SSSR count). The lowest BCUT2D eigenvalue weighted by Crippen LogP contribution is -2.44. The standard InChI is InChI=1S/C22H29N5O5/c1-7-22(5,32-20(29)21(2,3)4)27-14-23-16-13-18(17(30-6)12-15(16)19(27)28)31-11-10-26-9-8-24-25-26/h8-9,12-14H,7,10-11H2,1-6H3. The largest absolute Gasteiger partial charge is 0.493 e. The summed E-state index contributed by atoms with van der Waals surface area (Å²) in [5.41, 5.74) is -1.77. The van der Waals surface area contributed by atoms with Crippen LogP contribution in [0.15, 0.2) is 35.6 Å². The number of hydrogen-bond acceptors (Lipinski definition) is 8. The highest BCUT2D eigenvalue weighted by Crippen LogP contribution is 2.32. The summed E-state index contributed by atoms with van der Waals surface area (Å²) >= 11 is 0. The second-order valence-corrected chi connectivity index (χ2v) is 8.62. The number of esters is 1. The van der Waals surface area contributed by atoms with Crippen molar-refractivity contribution in [2.24, 2.45) is 5.41 Å². The first-order valence-electron chi connectivity index (χ1n) is 10.4. The molecule has 0 N–H and O–H groups in total. The maximum atomic E-state index is 13.3. The van der Waals surface area contributed by atoms with E-state index >= 15 is 0 Å². The number of carbonyl (C=O) groups is 1. The van der Waals surface area contributed by atoms with Gasteiger partial charge in [-0.25, -0.2) is 9.67 Å². The van der Waals surface area contributed by atoms with Gasteiger partial charge in [-0.1, -0.05) is 12.1 Å². The molecule has 0 aliphatic carbocycles. The highest BCUT2D eigenvalue weighted by Gasteiger charge is 2.35.